The van der Waals surface area contributed by atoms with Gasteiger partial charge in [-0.15, -0.1) is 11.8 Å². The molecular weight excluding hydrogens is 1430 g/mol. The Morgan fingerprint density at radius 1 is 0.509 bits per heavy atom. The normalized spacial score (nSPS) is 16.0. The number of para-hydroxylation sites is 1. The Bertz CT molecular complexity index is 3790. The smallest absolute Gasteiger partial charge is 0.327 e. The van der Waals surface area contributed by atoms with Crippen molar-refractivity contribution in [3.63, 3.8) is 0 Å². The molecule has 6 rings (SSSR count). The average molecular weight is 1520 g/mol. The number of aromatic amines is 1. The molecule has 1 saturated heterocycles. The molecule has 0 unspecified atom stereocenters. The quantitative estimate of drug-likeness (QED) is 0.0155. The number of nitrogens with two attached hydrogens (primary N) is 3. The summed E-state index contributed by atoms with van der Waals surface area (Å²) in [5.41, 5.74) is 20.0. The number of nitrogens with one attached hydrogen (secondary N) is 11. The largest absolute Gasteiger partial charge is 0.480 e. The summed E-state index contributed by atoms with van der Waals surface area (Å²) in [6.07, 6.45) is -1.85. The van der Waals surface area contributed by atoms with E-state index in [0.29, 0.717) is 59.0 Å². The molecule has 20 N–H and O–H groups in total. The molecule has 4 aromatic carbocycles. The van der Waals surface area contributed by atoms with Crippen LogP contribution in [0.3, 0.4) is 0 Å². The molecule has 34 heteroatoms. The second kappa shape index (κ2) is 43.8. The number of aliphatic hydroxyl groups excluding tert-OH is 2. The topological polar surface area (TPSA) is 500 Å². The summed E-state index contributed by atoms with van der Waals surface area (Å²) < 4.78 is 0. The van der Waals surface area contributed by atoms with Crippen LogP contribution >= 0.6 is 37.0 Å². The van der Waals surface area contributed by atoms with E-state index < -0.39 is 162 Å². The van der Waals surface area contributed by atoms with E-state index in [9.17, 15) is 63.3 Å². The Morgan fingerprint density at radius 2 is 0.925 bits per heavy atom. The first-order valence-corrected chi connectivity index (χ1v) is 37.2. The summed E-state index contributed by atoms with van der Waals surface area (Å²) in [6.45, 7) is 2.85. The molecule has 5 aromatic rings. The van der Waals surface area contributed by atoms with Crippen molar-refractivity contribution in [3.8, 4) is 0 Å². The van der Waals surface area contributed by atoms with Crippen molar-refractivity contribution >= 4 is 125 Å². The molecule has 13 atom stereocenters. The zero-order valence-corrected chi connectivity index (χ0v) is 61.5. The number of thiol groups is 2. The van der Waals surface area contributed by atoms with E-state index in [1.807, 2.05) is 0 Å². The van der Waals surface area contributed by atoms with Crippen LogP contribution in [0.25, 0.3) is 10.9 Å². The van der Waals surface area contributed by atoms with Gasteiger partial charge < -0.3 is 95.6 Å². The van der Waals surface area contributed by atoms with Crippen molar-refractivity contribution in [1.82, 2.24) is 63.1 Å². The van der Waals surface area contributed by atoms with E-state index in [0.717, 1.165) is 16.7 Å². The van der Waals surface area contributed by atoms with Gasteiger partial charge in [0.05, 0.1) is 24.5 Å². The second-order valence-electron chi connectivity index (χ2n) is 25.7. The first kappa shape index (κ1) is 85.3. The average Bonchev–Trinajstić information content (AvgIpc) is 1.61. The van der Waals surface area contributed by atoms with Gasteiger partial charge in [-0.2, -0.15) is 25.3 Å². The first-order valence-electron chi connectivity index (χ1n) is 34.8. The lowest BCUT2D eigenvalue weighted by atomic mass is 10.00. The van der Waals surface area contributed by atoms with Crippen LogP contribution in [0, 0.1) is 0 Å². The summed E-state index contributed by atoms with van der Waals surface area (Å²) in [7, 11) is 0. The summed E-state index contributed by atoms with van der Waals surface area (Å²) in [5, 5.41) is 58.6. The summed E-state index contributed by atoms with van der Waals surface area (Å²) in [5.74, 6) is -12.4. The molecule has 1 aromatic heterocycles. The van der Waals surface area contributed by atoms with Crippen molar-refractivity contribution < 1.29 is 77.6 Å². The number of rotatable bonds is 44. The fourth-order valence-corrected chi connectivity index (χ4v) is 13.3. The SMILES string of the molecule is C[C@@H](O)[C@H](NC(=O)[C@H](CCCCN)NC(=O)[C@@H](Cc1c[nH]c2ccccc12)NC(=O)[C@H](Cc1ccccc1)NC(=O)[C@H](Cc1ccccc1)NC(=O)[C@H](CC(N)=O)NC(=O)[C@H](CCCCN)NC(=O)CCS)C(=O)N[C@@H](Cc1ccccc1)C(=O)N[C@H](C(=O)N1CSC[C@H]1C(=O)N[C@@H](CS)C(=O)O)[C@@H](C)O. The standard InChI is InChI=1S/C72H97N15O16S3/c1-41(88)60(70(100)83-53(34-45-22-10-5-11-23-45)68(98)86-61(42(2)89)71(101)87-40-106-39-57(87)69(99)84-56(38-105)72(102)103)85-63(93)50(27-15-17-30-74)78-66(96)54(35-46-37-76-48-25-13-12-24-47(46)48)81-65(95)52(33-44-20-8-4-9-21-44)79-64(94)51(32-43-18-6-3-7-19-43)80-67(97)55(36-58(75)90)82-62(92)49(26-14-16-29-73)77-59(91)28-31-104/h3-13,18-25,37,41-42,49-57,60-61,76,88-89,104-105H,14-17,26-36,38-40,73-74H2,1-2H3,(H2,75,90)(H,77,91)(H,78,96)(H,79,94)(H,80,97)(H,81,95)(H,82,92)(H,83,100)(H,84,99)(H,85,93)(H,86,98)(H,102,103)/t41-,42-,49+,50+,51+,52+,53+,54-,55+,56+,57+,60+,61+/m1/s1. The summed E-state index contributed by atoms with van der Waals surface area (Å²) in [4.78, 5) is 187. The van der Waals surface area contributed by atoms with Crippen LogP contribution in [-0.2, 0) is 88.0 Å². The predicted octanol–water partition coefficient (Wildman–Crippen LogP) is -1.58. The van der Waals surface area contributed by atoms with Gasteiger partial charge in [0.15, 0.2) is 0 Å². The van der Waals surface area contributed by atoms with E-state index in [1.165, 1.54) is 13.8 Å². The van der Waals surface area contributed by atoms with Crippen molar-refractivity contribution in [2.75, 3.05) is 36.2 Å². The van der Waals surface area contributed by atoms with Crippen LogP contribution in [0.5, 0.6) is 0 Å². The zero-order valence-electron chi connectivity index (χ0n) is 58.9. The number of hydrogen-bond acceptors (Lipinski definition) is 20. The number of hydrogen-bond donors (Lipinski definition) is 19. The van der Waals surface area contributed by atoms with Crippen molar-refractivity contribution in [2.24, 2.45) is 17.2 Å². The van der Waals surface area contributed by atoms with E-state index in [2.05, 4.69) is 83.4 Å². The third-order valence-corrected chi connectivity index (χ3v) is 19.0. The number of thioether (sulfide) groups is 1. The molecule has 1 fully saturated rings. The lowest BCUT2D eigenvalue weighted by molar-refractivity contribution is -0.145. The number of benzene rings is 4. The maximum Gasteiger partial charge on any atom is 0.327 e. The van der Waals surface area contributed by atoms with Crippen molar-refractivity contribution in [1.29, 1.82) is 0 Å². The minimum Gasteiger partial charge on any atom is -0.480 e. The number of aliphatic carboxylic acids is 1. The first-order chi connectivity index (χ1) is 50.7. The molecular formula is C72H97N15O16S3. The van der Waals surface area contributed by atoms with Crippen LogP contribution in [0.1, 0.15) is 87.5 Å². The highest BCUT2D eigenvalue weighted by molar-refractivity contribution is 7.99. The van der Waals surface area contributed by atoms with Gasteiger partial charge in [0.25, 0.3) is 0 Å². The summed E-state index contributed by atoms with van der Waals surface area (Å²) >= 11 is 9.27. The molecule has 0 spiro atoms. The fourth-order valence-electron chi connectivity index (χ4n) is 11.6. The molecule has 1 aliphatic rings. The molecule has 0 bridgehead atoms. The van der Waals surface area contributed by atoms with Gasteiger partial charge in [0.1, 0.15) is 66.5 Å². The third-order valence-electron chi connectivity index (χ3n) is 17.4. The van der Waals surface area contributed by atoms with Gasteiger partial charge in [0, 0.05) is 60.7 Å². The zero-order chi connectivity index (χ0) is 77.4. The van der Waals surface area contributed by atoms with Gasteiger partial charge in [-0.05, 0) is 99.5 Å². The van der Waals surface area contributed by atoms with Gasteiger partial charge >= 0.3 is 5.97 Å². The maximum absolute atomic E-state index is 15.3. The highest BCUT2D eigenvalue weighted by Crippen LogP contribution is 2.24. The van der Waals surface area contributed by atoms with E-state index in [-0.39, 0.29) is 81.0 Å². The number of carbonyl (C=O) groups is 13. The van der Waals surface area contributed by atoms with Crippen LogP contribution < -0.4 is 70.4 Å². The predicted molar refractivity (Wildman–Crippen MR) is 403 cm³/mol. The number of aromatic nitrogens is 1. The number of amides is 12. The van der Waals surface area contributed by atoms with Crippen LogP contribution in [0.15, 0.2) is 121 Å². The molecule has 0 aliphatic carbocycles. The minimum atomic E-state index is -1.85. The molecule has 31 nitrogen and oxygen atoms in total. The Kier molecular flexibility index (Phi) is 35.2. The second-order valence-corrected chi connectivity index (χ2v) is 27.5. The molecule has 0 radical (unpaired) electrons. The van der Waals surface area contributed by atoms with Gasteiger partial charge in [-0.3, -0.25) is 57.5 Å². The fraction of sp³-hybridized carbons (Fsp3) is 0.458. The molecule has 1 aliphatic heterocycles. The monoisotopic (exact) mass is 1520 g/mol. The number of aliphatic hydroxyl groups is 2. The lowest BCUT2D eigenvalue weighted by Gasteiger charge is -2.31. The molecule has 106 heavy (non-hydrogen) atoms. The number of unbranched alkanes of at least 4 members (excludes halogenated alkanes) is 2. The highest BCUT2D eigenvalue weighted by Gasteiger charge is 2.43. The number of nitrogens with zero attached hydrogens (tertiary/aromatic N) is 1. The van der Waals surface area contributed by atoms with Crippen LogP contribution in [-0.4, -0.2) is 217 Å². The Morgan fingerprint density at radius 3 is 1.40 bits per heavy atom. The molecule has 0 saturated carbocycles. The Hall–Kier alpha value is -9.58. The number of carboxylic acid groups (broad SMARTS) is 1. The molecule has 574 valence electrons. The number of carbonyl (C=O) groups excluding carboxylic acids is 12. The highest BCUT2D eigenvalue weighted by atomic mass is 32.2. The number of carboxylic acids is 1. The lowest BCUT2D eigenvalue weighted by Crippen LogP contribution is -2.63. The number of primary amides is 1. The Balaban J connectivity index is 1.29. The van der Waals surface area contributed by atoms with Crippen molar-refractivity contribution in [3.05, 3.63) is 144 Å². The third kappa shape index (κ3) is 26.8. The van der Waals surface area contributed by atoms with Crippen LogP contribution in [0.2, 0.25) is 0 Å². The van der Waals surface area contributed by atoms with E-state index >= 15 is 14.4 Å². The summed E-state index contributed by atoms with van der Waals surface area (Å²) in [6, 6.07) is 15.6. The van der Waals surface area contributed by atoms with E-state index in [1.54, 1.807) is 121 Å². The number of H-pyrrole nitrogens is 1. The van der Waals surface area contributed by atoms with Gasteiger partial charge in [-0.1, -0.05) is 109 Å². The number of fused-ring (bicyclic) bond motifs is 1. The van der Waals surface area contributed by atoms with E-state index in [4.69, 9.17) is 17.2 Å². The Labute approximate surface area is 628 Å². The van der Waals surface area contributed by atoms with Gasteiger partial charge in [-0.25, -0.2) is 4.79 Å². The molecule has 2 heterocycles. The minimum absolute atomic E-state index is 0.0300. The van der Waals surface area contributed by atoms with Gasteiger partial charge in [0.2, 0.25) is 70.9 Å². The molecule has 12 amide bonds. The van der Waals surface area contributed by atoms with Crippen LogP contribution in [0.4, 0.5) is 0 Å². The van der Waals surface area contributed by atoms with Crippen molar-refractivity contribution in [2.45, 2.75) is 170 Å². The maximum atomic E-state index is 15.3.